The van der Waals surface area contributed by atoms with Crippen LogP contribution in [0.1, 0.15) is 32.3 Å². The van der Waals surface area contributed by atoms with Gasteiger partial charge < -0.3 is 15.4 Å². The van der Waals surface area contributed by atoms with E-state index in [-0.39, 0.29) is 24.5 Å². The van der Waals surface area contributed by atoms with Crippen LogP contribution in [0.4, 0.5) is 0 Å². The average molecular weight is 288 g/mol. The number of carbonyl (C=O) groups is 1. The molecule has 0 spiro atoms. The highest BCUT2D eigenvalue weighted by molar-refractivity contribution is 5.83. The van der Waals surface area contributed by atoms with E-state index in [0.29, 0.717) is 6.42 Å². The Morgan fingerprint density at radius 2 is 2.10 bits per heavy atom. The SMILES string of the molecule is CC(C)[C@@H](CO)NC(=O)CCCc1c[nH]c2ccccc12. The molecule has 21 heavy (non-hydrogen) atoms. The van der Waals surface area contributed by atoms with Crippen molar-refractivity contribution in [2.75, 3.05) is 6.61 Å². The molecule has 1 aromatic heterocycles. The molecule has 2 rings (SSSR count). The number of aliphatic hydroxyl groups is 1. The maximum Gasteiger partial charge on any atom is 0.220 e. The van der Waals surface area contributed by atoms with Crippen LogP contribution in [0, 0.1) is 5.92 Å². The largest absolute Gasteiger partial charge is 0.394 e. The molecule has 114 valence electrons. The third-order valence-electron chi connectivity index (χ3n) is 3.87. The number of aromatic nitrogens is 1. The van der Waals surface area contributed by atoms with Crippen molar-refractivity contribution in [1.82, 2.24) is 10.3 Å². The maximum atomic E-state index is 11.9. The number of nitrogens with one attached hydrogen (secondary N) is 2. The molecule has 0 bridgehead atoms. The second-order valence-corrected chi connectivity index (χ2v) is 5.81. The van der Waals surface area contributed by atoms with Gasteiger partial charge in [0.1, 0.15) is 0 Å². The first-order chi connectivity index (χ1) is 10.1. The quantitative estimate of drug-likeness (QED) is 0.733. The highest BCUT2D eigenvalue weighted by atomic mass is 16.3. The normalized spacial score (nSPS) is 12.8. The minimum atomic E-state index is -0.148. The number of H-pyrrole nitrogens is 1. The summed E-state index contributed by atoms with van der Waals surface area (Å²) in [6.45, 7) is 3.98. The van der Waals surface area contributed by atoms with Crippen molar-refractivity contribution in [1.29, 1.82) is 0 Å². The van der Waals surface area contributed by atoms with Crippen LogP contribution in [0.25, 0.3) is 10.9 Å². The average Bonchev–Trinajstić information content (AvgIpc) is 2.88. The summed E-state index contributed by atoms with van der Waals surface area (Å²) in [6, 6.07) is 8.05. The Hall–Kier alpha value is -1.81. The van der Waals surface area contributed by atoms with E-state index in [4.69, 9.17) is 0 Å². The van der Waals surface area contributed by atoms with Crippen LogP contribution in [0.3, 0.4) is 0 Å². The van der Waals surface area contributed by atoms with E-state index < -0.39 is 0 Å². The Kier molecular flexibility index (Phi) is 5.39. The standard InChI is InChI=1S/C17H24N2O2/c1-12(2)16(11-20)19-17(21)9-5-6-13-10-18-15-8-4-3-7-14(13)15/h3-4,7-8,10,12,16,18,20H,5-6,9,11H2,1-2H3,(H,19,21)/t16-/m1/s1. The van der Waals surface area contributed by atoms with Crippen molar-refractivity contribution in [2.45, 2.75) is 39.2 Å². The summed E-state index contributed by atoms with van der Waals surface area (Å²) in [5, 5.41) is 13.3. The van der Waals surface area contributed by atoms with Gasteiger partial charge >= 0.3 is 0 Å². The van der Waals surface area contributed by atoms with E-state index in [0.717, 1.165) is 18.4 Å². The zero-order chi connectivity index (χ0) is 15.2. The van der Waals surface area contributed by atoms with Gasteiger partial charge in [0.05, 0.1) is 12.6 Å². The van der Waals surface area contributed by atoms with E-state index in [1.54, 1.807) is 0 Å². The van der Waals surface area contributed by atoms with Gasteiger partial charge in [0.15, 0.2) is 0 Å². The molecule has 0 aliphatic rings. The monoisotopic (exact) mass is 288 g/mol. The molecule has 1 heterocycles. The molecule has 0 radical (unpaired) electrons. The van der Waals surface area contributed by atoms with E-state index in [1.165, 1.54) is 10.9 Å². The third kappa shape index (κ3) is 4.08. The number of aliphatic hydroxyl groups excluding tert-OH is 1. The first kappa shape index (κ1) is 15.6. The fourth-order valence-corrected chi connectivity index (χ4v) is 2.48. The van der Waals surface area contributed by atoms with Crippen LogP contribution in [0.2, 0.25) is 0 Å². The first-order valence-electron chi connectivity index (χ1n) is 7.57. The van der Waals surface area contributed by atoms with Gasteiger partial charge in [0, 0.05) is 23.5 Å². The second-order valence-electron chi connectivity index (χ2n) is 5.81. The maximum absolute atomic E-state index is 11.9. The van der Waals surface area contributed by atoms with Gasteiger partial charge in [0.2, 0.25) is 5.91 Å². The summed E-state index contributed by atoms with van der Waals surface area (Å²) < 4.78 is 0. The van der Waals surface area contributed by atoms with Gasteiger partial charge in [-0.15, -0.1) is 0 Å². The number of fused-ring (bicyclic) bond motifs is 1. The minimum absolute atomic E-state index is 0.00808. The molecule has 0 unspecified atom stereocenters. The van der Waals surface area contributed by atoms with Crippen molar-refractivity contribution >= 4 is 16.8 Å². The number of hydrogen-bond donors (Lipinski definition) is 3. The Bertz CT molecular complexity index is 589. The molecule has 0 aliphatic carbocycles. The summed E-state index contributed by atoms with van der Waals surface area (Å²) in [7, 11) is 0. The molecular formula is C17H24N2O2. The lowest BCUT2D eigenvalue weighted by Gasteiger charge is -2.19. The summed E-state index contributed by atoms with van der Waals surface area (Å²) in [5.74, 6) is 0.259. The summed E-state index contributed by atoms with van der Waals surface area (Å²) >= 11 is 0. The van der Waals surface area contributed by atoms with Gasteiger partial charge in [-0.05, 0) is 30.4 Å². The van der Waals surface area contributed by atoms with Crippen LogP contribution in [0.15, 0.2) is 30.5 Å². The summed E-state index contributed by atoms with van der Waals surface area (Å²) in [4.78, 5) is 15.1. The smallest absolute Gasteiger partial charge is 0.220 e. The van der Waals surface area contributed by atoms with Gasteiger partial charge in [-0.2, -0.15) is 0 Å². The van der Waals surface area contributed by atoms with E-state index in [9.17, 15) is 9.90 Å². The first-order valence-corrected chi connectivity index (χ1v) is 7.57. The molecule has 0 aliphatic heterocycles. The molecular weight excluding hydrogens is 264 g/mol. The van der Waals surface area contributed by atoms with Crippen LogP contribution in [-0.2, 0) is 11.2 Å². The molecule has 2 aromatic rings. The Labute approximate surface area is 125 Å². The fraction of sp³-hybridized carbons (Fsp3) is 0.471. The van der Waals surface area contributed by atoms with Crippen LogP contribution >= 0.6 is 0 Å². The van der Waals surface area contributed by atoms with Crippen molar-refractivity contribution < 1.29 is 9.90 Å². The number of hydrogen-bond acceptors (Lipinski definition) is 2. The highest BCUT2D eigenvalue weighted by Crippen LogP contribution is 2.19. The Balaban J connectivity index is 1.83. The van der Waals surface area contributed by atoms with Gasteiger partial charge in [-0.3, -0.25) is 4.79 Å². The van der Waals surface area contributed by atoms with Crippen molar-refractivity contribution in [3.63, 3.8) is 0 Å². The van der Waals surface area contributed by atoms with Crippen LogP contribution in [-0.4, -0.2) is 28.6 Å². The van der Waals surface area contributed by atoms with Crippen molar-refractivity contribution in [3.8, 4) is 0 Å². The molecule has 4 nitrogen and oxygen atoms in total. The lowest BCUT2D eigenvalue weighted by atomic mass is 10.0. The number of amides is 1. The molecule has 1 amide bonds. The number of rotatable bonds is 7. The minimum Gasteiger partial charge on any atom is -0.394 e. The predicted molar refractivity (Wildman–Crippen MR) is 85.1 cm³/mol. The lowest BCUT2D eigenvalue weighted by Crippen LogP contribution is -2.41. The summed E-state index contributed by atoms with van der Waals surface area (Å²) in [6.07, 6.45) is 4.20. The second kappa shape index (κ2) is 7.27. The molecule has 4 heteroatoms. The van der Waals surface area contributed by atoms with E-state index in [2.05, 4.69) is 22.4 Å². The van der Waals surface area contributed by atoms with Crippen LogP contribution < -0.4 is 5.32 Å². The molecule has 1 atom stereocenters. The molecule has 1 aromatic carbocycles. The lowest BCUT2D eigenvalue weighted by molar-refractivity contribution is -0.122. The topological polar surface area (TPSA) is 65.1 Å². The zero-order valence-corrected chi connectivity index (χ0v) is 12.7. The summed E-state index contributed by atoms with van der Waals surface area (Å²) in [5.41, 5.74) is 2.39. The number of aryl methyl sites for hydroxylation is 1. The molecule has 3 N–H and O–H groups in total. The highest BCUT2D eigenvalue weighted by Gasteiger charge is 2.14. The Morgan fingerprint density at radius 1 is 1.33 bits per heavy atom. The molecule has 0 fully saturated rings. The van der Waals surface area contributed by atoms with Crippen molar-refractivity contribution in [2.24, 2.45) is 5.92 Å². The number of carbonyl (C=O) groups excluding carboxylic acids is 1. The molecule has 0 saturated carbocycles. The fourth-order valence-electron chi connectivity index (χ4n) is 2.48. The van der Waals surface area contributed by atoms with E-state index >= 15 is 0 Å². The van der Waals surface area contributed by atoms with Gasteiger partial charge in [0.25, 0.3) is 0 Å². The van der Waals surface area contributed by atoms with Crippen LogP contribution in [0.5, 0.6) is 0 Å². The van der Waals surface area contributed by atoms with Gasteiger partial charge in [-0.1, -0.05) is 32.0 Å². The zero-order valence-electron chi connectivity index (χ0n) is 12.7. The van der Waals surface area contributed by atoms with E-state index in [1.807, 2.05) is 32.2 Å². The predicted octanol–water partition coefficient (Wildman–Crippen LogP) is 2.62. The van der Waals surface area contributed by atoms with Gasteiger partial charge in [-0.25, -0.2) is 0 Å². The number of benzene rings is 1. The third-order valence-corrected chi connectivity index (χ3v) is 3.87. The molecule has 0 saturated heterocycles. The number of aromatic amines is 1. The number of para-hydroxylation sites is 1. The Morgan fingerprint density at radius 3 is 2.81 bits per heavy atom. The van der Waals surface area contributed by atoms with Crippen molar-refractivity contribution in [3.05, 3.63) is 36.0 Å².